The largest absolute Gasteiger partial charge is 0.507 e. The molecule has 1 fully saturated rings. The van der Waals surface area contributed by atoms with Gasteiger partial charge in [-0.15, -0.1) is 0 Å². The molecule has 1 N–H and O–H groups in total. The van der Waals surface area contributed by atoms with E-state index in [1.165, 1.54) is 4.90 Å². The fourth-order valence-corrected chi connectivity index (χ4v) is 5.72. The number of carbonyl (C=O) groups is 3. The van der Waals surface area contributed by atoms with Crippen LogP contribution in [0.5, 0.6) is 11.5 Å². The maximum absolute atomic E-state index is 13.6. The molecular formula is C33H38N2O7S. The average molecular weight is 607 g/mol. The van der Waals surface area contributed by atoms with E-state index >= 15 is 0 Å². The Morgan fingerprint density at radius 1 is 0.953 bits per heavy atom. The predicted molar refractivity (Wildman–Crippen MR) is 166 cm³/mol. The second-order valence-electron chi connectivity index (χ2n) is 10.2. The fraction of sp³-hybridized carbons (Fsp3) is 0.394. The molecule has 9 nitrogen and oxygen atoms in total. The van der Waals surface area contributed by atoms with Crippen molar-refractivity contribution in [3.05, 3.63) is 75.8 Å². The molecule has 1 amide bonds. The highest BCUT2D eigenvalue weighted by Crippen LogP contribution is 2.44. The summed E-state index contributed by atoms with van der Waals surface area (Å²) in [7, 11) is 0. The number of aliphatic hydroxyl groups is 1. The minimum Gasteiger partial charge on any atom is -0.507 e. The topological polar surface area (TPSA) is 115 Å². The molecule has 0 aliphatic carbocycles. The third kappa shape index (κ3) is 7.25. The average Bonchev–Trinajstić information content (AvgIpc) is 3.52. The number of unbranched alkanes of at least 4 members (excludes halogenated alkanes) is 3. The summed E-state index contributed by atoms with van der Waals surface area (Å²) >= 11 is 0.969. The van der Waals surface area contributed by atoms with Crippen LogP contribution in [0.4, 0.5) is 5.13 Å². The van der Waals surface area contributed by atoms with Crippen LogP contribution in [0.3, 0.4) is 0 Å². The highest BCUT2D eigenvalue weighted by molar-refractivity contribution is 7.17. The number of ketones is 1. The van der Waals surface area contributed by atoms with Crippen LogP contribution in [-0.2, 0) is 14.3 Å². The van der Waals surface area contributed by atoms with Crippen LogP contribution in [0.25, 0.3) is 5.76 Å². The first kappa shape index (κ1) is 31.7. The third-order valence-corrected chi connectivity index (χ3v) is 8.12. The smallest absolute Gasteiger partial charge is 0.350 e. The molecule has 4 rings (SSSR count). The Morgan fingerprint density at radius 3 is 2.35 bits per heavy atom. The van der Waals surface area contributed by atoms with Gasteiger partial charge in [-0.2, -0.15) is 0 Å². The Hall–Kier alpha value is -4.18. The van der Waals surface area contributed by atoms with Gasteiger partial charge in [0.25, 0.3) is 5.78 Å². The van der Waals surface area contributed by atoms with Gasteiger partial charge < -0.3 is 19.3 Å². The highest BCUT2D eigenvalue weighted by Gasteiger charge is 2.48. The Kier molecular flexibility index (Phi) is 10.9. The molecule has 1 aliphatic rings. The van der Waals surface area contributed by atoms with Crippen molar-refractivity contribution in [2.45, 2.75) is 65.8 Å². The van der Waals surface area contributed by atoms with Gasteiger partial charge in [-0.1, -0.05) is 68.7 Å². The second kappa shape index (κ2) is 14.8. The number of Topliss-reactive ketones (excluding diaryl/α,β-unsaturated/α-hetero) is 1. The first-order valence-electron chi connectivity index (χ1n) is 14.7. The Morgan fingerprint density at radius 2 is 1.65 bits per heavy atom. The first-order valence-corrected chi connectivity index (χ1v) is 15.5. The maximum Gasteiger partial charge on any atom is 0.350 e. The number of anilines is 1. The number of benzene rings is 2. The van der Waals surface area contributed by atoms with Crippen molar-refractivity contribution in [2.75, 3.05) is 24.7 Å². The number of aliphatic hydroxyl groups excluding tert-OH is 1. The number of ether oxygens (including phenoxy) is 3. The molecule has 228 valence electrons. The molecule has 1 aromatic heterocycles. The molecule has 0 saturated carbocycles. The lowest BCUT2D eigenvalue weighted by atomic mass is 9.95. The number of thiazole rings is 1. The van der Waals surface area contributed by atoms with Crippen LogP contribution in [0.1, 0.15) is 85.4 Å². The lowest BCUT2D eigenvalue weighted by Crippen LogP contribution is -2.29. The van der Waals surface area contributed by atoms with Gasteiger partial charge in [-0.05, 0) is 56.5 Å². The molecule has 2 aromatic carbocycles. The summed E-state index contributed by atoms with van der Waals surface area (Å²) in [6.45, 7) is 8.82. The summed E-state index contributed by atoms with van der Waals surface area (Å²) in [5.41, 5.74) is 1.21. The SMILES string of the molecule is CCCCCOc1ccc(C2/C(=C(\O)c3cccc(OCCCC)c3)C(=O)C(=O)N2c2nc(C)c(C(=O)OCC)s2)cc1. The summed E-state index contributed by atoms with van der Waals surface area (Å²) in [5.74, 6) is -1.39. The van der Waals surface area contributed by atoms with Crippen molar-refractivity contribution >= 4 is 39.9 Å². The molecule has 3 aromatic rings. The van der Waals surface area contributed by atoms with Gasteiger partial charge in [-0.3, -0.25) is 14.5 Å². The van der Waals surface area contributed by atoms with E-state index in [2.05, 4.69) is 18.8 Å². The lowest BCUT2D eigenvalue weighted by molar-refractivity contribution is -0.132. The van der Waals surface area contributed by atoms with E-state index in [-0.39, 0.29) is 27.9 Å². The second-order valence-corrected chi connectivity index (χ2v) is 11.1. The molecular weight excluding hydrogens is 568 g/mol. The summed E-state index contributed by atoms with van der Waals surface area (Å²) in [4.78, 5) is 45.7. The van der Waals surface area contributed by atoms with Crippen molar-refractivity contribution in [1.82, 2.24) is 4.98 Å². The number of aromatic nitrogens is 1. The molecule has 1 aliphatic heterocycles. The van der Waals surface area contributed by atoms with Crippen molar-refractivity contribution in [1.29, 1.82) is 0 Å². The highest BCUT2D eigenvalue weighted by atomic mass is 32.1. The Balaban J connectivity index is 1.78. The van der Waals surface area contributed by atoms with E-state index in [0.29, 0.717) is 41.5 Å². The molecule has 1 atom stereocenters. The number of hydrogen-bond acceptors (Lipinski definition) is 9. The van der Waals surface area contributed by atoms with Crippen LogP contribution in [0.15, 0.2) is 54.1 Å². The lowest BCUT2D eigenvalue weighted by Gasteiger charge is -2.23. The minimum absolute atomic E-state index is 0.0853. The van der Waals surface area contributed by atoms with Crippen LogP contribution < -0.4 is 14.4 Å². The molecule has 10 heteroatoms. The van der Waals surface area contributed by atoms with Gasteiger partial charge in [0.05, 0.1) is 37.1 Å². The normalized spacial score (nSPS) is 16.0. The zero-order chi connectivity index (χ0) is 30.9. The number of aryl methyl sites for hydroxylation is 1. The van der Waals surface area contributed by atoms with Gasteiger partial charge in [0.2, 0.25) is 0 Å². The summed E-state index contributed by atoms with van der Waals surface area (Å²) in [6, 6.07) is 12.9. The van der Waals surface area contributed by atoms with E-state index in [1.807, 2.05) is 0 Å². The van der Waals surface area contributed by atoms with Crippen LogP contribution in [-0.4, -0.2) is 47.6 Å². The zero-order valence-corrected chi connectivity index (χ0v) is 25.9. The molecule has 1 unspecified atom stereocenters. The van der Waals surface area contributed by atoms with E-state index in [9.17, 15) is 19.5 Å². The van der Waals surface area contributed by atoms with Crippen LogP contribution >= 0.6 is 11.3 Å². The van der Waals surface area contributed by atoms with Gasteiger partial charge >= 0.3 is 11.9 Å². The van der Waals surface area contributed by atoms with Crippen molar-refractivity contribution in [3.8, 4) is 11.5 Å². The van der Waals surface area contributed by atoms with E-state index < -0.39 is 23.7 Å². The van der Waals surface area contributed by atoms with Gasteiger partial charge in [0, 0.05) is 5.56 Å². The molecule has 0 spiro atoms. The standard InChI is InChI=1S/C33H38N2O7S/c1-5-8-10-19-41-24-16-14-22(15-17-24)27-26(28(36)23-12-11-13-25(20-23)42-18-9-6-2)29(37)31(38)35(27)33-34-21(4)30(43-33)32(39)40-7-3/h11-17,20,27,36H,5-10,18-19H2,1-4H3/b28-26+. The molecule has 43 heavy (non-hydrogen) atoms. The number of rotatable bonds is 14. The molecule has 0 radical (unpaired) electrons. The molecule has 0 bridgehead atoms. The minimum atomic E-state index is -1.00. The van der Waals surface area contributed by atoms with E-state index in [4.69, 9.17) is 14.2 Å². The predicted octanol–water partition coefficient (Wildman–Crippen LogP) is 7.00. The monoisotopic (exact) mass is 606 g/mol. The van der Waals surface area contributed by atoms with Gasteiger partial charge in [0.15, 0.2) is 5.13 Å². The van der Waals surface area contributed by atoms with Crippen LogP contribution in [0.2, 0.25) is 0 Å². The molecule has 2 heterocycles. The van der Waals surface area contributed by atoms with Crippen molar-refractivity contribution < 1.29 is 33.7 Å². The number of amides is 1. The Labute approximate surface area is 256 Å². The van der Waals surface area contributed by atoms with Gasteiger partial charge in [0.1, 0.15) is 22.1 Å². The van der Waals surface area contributed by atoms with Crippen LogP contribution in [0, 0.1) is 6.92 Å². The summed E-state index contributed by atoms with van der Waals surface area (Å²) in [5, 5.41) is 11.7. The summed E-state index contributed by atoms with van der Waals surface area (Å²) in [6.07, 6.45) is 4.94. The third-order valence-electron chi connectivity index (χ3n) is 6.98. The van der Waals surface area contributed by atoms with Crippen molar-refractivity contribution in [3.63, 3.8) is 0 Å². The summed E-state index contributed by atoms with van der Waals surface area (Å²) < 4.78 is 16.8. The maximum atomic E-state index is 13.6. The first-order chi connectivity index (χ1) is 20.8. The van der Waals surface area contributed by atoms with Gasteiger partial charge in [-0.25, -0.2) is 9.78 Å². The van der Waals surface area contributed by atoms with E-state index in [0.717, 1.165) is 43.4 Å². The fourth-order valence-electron chi connectivity index (χ4n) is 4.73. The number of nitrogens with zero attached hydrogens (tertiary/aromatic N) is 2. The number of carbonyl (C=O) groups excluding carboxylic acids is 3. The Bertz CT molecular complexity index is 1480. The van der Waals surface area contributed by atoms with E-state index in [1.54, 1.807) is 62.4 Å². The number of hydrogen-bond donors (Lipinski definition) is 1. The molecule has 1 saturated heterocycles. The quantitative estimate of drug-likeness (QED) is 0.0686. The zero-order valence-electron chi connectivity index (χ0n) is 25.1. The number of esters is 1. The van der Waals surface area contributed by atoms with Crippen molar-refractivity contribution in [2.24, 2.45) is 0 Å².